The summed E-state index contributed by atoms with van der Waals surface area (Å²) < 4.78 is 16.8. The molecule has 1 heterocycles. The largest absolute Gasteiger partial charge is 0.426 e. The molecule has 0 unspecified atom stereocenters. The maximum atomic E-state index is 11.7. The Balaban J connectivity index is 2.34. The Labute approximate surface area is 114 Å². The zero-order chi connectivity index (χ0) is 14.1. The Morgan fingerprint density at radius 2 is 1.89 bits per heavy atom. The van der Waals surface area contributed by atoms with Crippen molar-refractivity contribution in [2.24, 2.45) is 5.41 Å². The van der Waals surface area contributed by atoms with Crippen LogP contribution >= 0.6 is 0 Å². The Morgan fingerprint density at radius 1 is 1.26 bits per heavy atom. The van der Waals surface area contributed by atoms with Gasteiger partial charge >= 0.3 is 5.97 Å². The lowest BCUT2D eigenvalue weighted by molar-refractivity contribution is -0.199. The van der Waals surface area contributed by atoms with E-state index >= 15 is 0 Å². The van der Waals surface area contributed by atoms with Gasteiger partial charge in [-0.2, -0.15) is 0 Å². The summed E-state index contributed by atoms with van der Waals surface area (Å²) >= 11 is 0. The maximum absolute atomic E-state index is 11.7. The monoisotopic (exact) mass is 266 g/mol. The Kier molecular flexibility index (Phi) is 3.83. The molecule has 0 saturated carbocycles. The van der Waals surface area contributed by atoms with Crippen molar-refractivity contribution in [1.82, 2.24) is 0 Å². The highest BCUT2D eigenvalue weighted by molar-refractivity contribution is 5.75. The standard InChI is InChI=1S/C15H22O4/c1-5-17-15(18-6-2)8-7-11-12(9-15)19-13(16)10-14(11,3)4/h7,9H,5-6,8,10H2,1-4H3. The third kappa shape index (κ3) is 2.74. The normalized spacial score (nSPS) is 24.1. The Hall–Kier alpha value is -1.13. The quantitative estimate of drug-likeness (QED) is 0.579. The van der Waals surface area contributed by atoms with Crippen molar-refractivity contribution in [3.8, 4) is 0 Å². The molecule has 1 fully saturated rings. The van der Waals surface area contributed by atoms with E-state index in [9.17, 15) is 4.79 Å². The van der Waals surface area contributed by atoms with Crippen LogP contribution in [-0.4, -0.2) is 25.0 Å². The number of carbonyl (C=O) groups is 1. The first kappa shape index (κ1) is 14.3. The topological polar surface area (TPSA) is 44.8 Å². The fourth-order valence-electron chi connectivity index (χ4n) is 2.72. The molecule has 2 aliphatic rings. The van der Waals surface area contributed by atoms with Crippen LogP contribution in [0, 0.1) is 5.41 Å². The van der Waals surface area contributed by atoms with E-state index in [2.05, 4.69) is 19.9 Å². The minimum absolute atomic E-state index is 0.189. The number of rotatable bonds is 4. The van der Waals surface area contributed by atoms with E-state index in [1.165, 1.54) is 0 Å². The van der Waals surface area contributed by atoms with Crippen LogP contribution < -0.4 is 0 Å². The highest BCUT2D eigenvalue weighted by Crippen LogP contribution is 2.45. The van der Waals surface area contributed by atoms with E-state index < -0.39 is 5.79 Å². The van der Waals surface area contributed by atoms with Crippen LogP contribution in [-0.2, 0) is 19.0 Å². The Morgan fingerprint density at radius 3 is 2.47 bits per heavy atom. The highest BCUT2D eigenvalue weighted by atomic mass is 16.7. The molecule has 0 aromatic heterocycles. The van der Waals surface area contributed by atoms with Crippen molar-refractivity contribution in [2.45, 2.75) is 46.3 Å². The molecule has 0 aromatic carbocycles. The van der Waals surface area contributed by atoms with Crippen molar-refractivity contribution in [2.75, 3.05) is 13.2 Å². The second-order valence-electron chi connectivity index (χ2n) is 5.54. The molecule has 0 N–H and O–H groups in total. The van der Waals surface area contributed by atoms with Gasteiger partial charge in [-0.05, 0) is 19.4 Å². The van der Waals surface area contributed by atoms with Gasteiger partial charge in [-0.3, -0.25) is 4.79 Å². The summed E-state index contributed by atoms with van der Waals surface area (Å²) in [7, 11) is 0. The molecule has 1 aliphatic heterocycles. The van der Waals surface area contributed by atoms with Gasteiger partial charge in [-0.1, -0.05) is 19.9 Å². The summed E-state index contributed by atoms with van der Waals surface area (Å²) in [6.45, 7) is 9.06. The molecule has 0 atom stereocenters. The minimum Gasteiger partial charge on any atom is -0.426 e. The summed E-state index contributed by atoms with van der Waals surface area (Å²) in [5.41, 5.74) is 0.883. The van der Waals surface area contributed by atoms with Gasteiger partial charge in [0.2, 0.25) is 0 Å². The molecule has 0 amide bonds. The lowest BCUT2D eigenvalue weighted by Gasteiger charge is -2.39. The number of carbonyl (C=O) groups excluding carboxylic acids is 1. The van der Waals surface area contributed by atoms with E-state index in [0.717, 1.165) is 5.57 Å². The number of allylic oxidation sites excluding steroid dienone is 1. The predicted octanol–water partition coefficient (Wildman–Crippen LogP) is 2.94. The zero-order valence-corrected chi connectivity index (χ0v) is 12.1. The van der Waals surface area contributed by atoms with Crippen molar-refractivity contribution in [3.05, 3.63) is 23.5 Å². The number of fused-ring (bicyclic) bond motifs is 1. The van der Waals surface area contributed by atoms with Gasteiger partial charge in [0.25, 0.3) is 0 Å². The Bertz CT molecular complexity index is 425. The van der Waals surface area contributed by atoms with E-state index in [1.807, 2.05) is 19.9 Å². The van der Waals surface area contributed by atoms with E-state index in [-0.39, 0.29) is 11.4 Å². The van der Waals surface area contributed by atoms with Gasteiger partial charge in [0.1, 0.15) is 5.76 Å². The molecule has 4 nitrogen and oxygen atoms in total. The molecule has 1 aliphatic carbocycles. The molecule has 1 saturated heterocycles. The van der Waals surface area contributed by atoms with Crippen LogP contribution in [0.1, 0.15) is 40.5 Å². The predicted molar refractivity (Wildman–Crippen MR) is 71.3 cm³/mol. The molecule has 0 spiro atoms. The fraction of sp³-hybridized carbons (Fsp3) is 0.667. The average molecular weight is 266 g/mol. The first-order chi connectivity index (χ1) is 8.92. The molecular weight excluding hydrogens is 244 g/mol. The first-order valence-corrected chi connectivity index (χ1v) is 6.85. The molecule has 0 bridgehead atoms. The SMILES string of the molecule is CCOC1(OCC)C=C2OC(=O)CC(C)(C)C2=CC1. The van der Waals surface area contributed by atoms with Crippen LogP contribution in [0.2, 0.25) is 0 Å². The average Bonchev–Trinajstić information content (AvgIpc) is 2.27. The maximum Gasteiger partial charge on any atom is 0.312 e. The van der Waals surface area contributed by atoms with Gasteiger partial charge in [0.15, 0.2) is 5.79 Å². The van der Waals surface area contributed by atoms with Crippen molar-refractivity contribution in [1.29, 1.82) is 0 Å². The van der Waals surface area contributed by atoms with E-state index in [0.29, 0.717) is 31.8 Å². The highest BCUT2D eigenvalue weighted by Gasteiger charge is 2.42. The fourth-order valence-corrected chi connectivity index (χ4v) is 2.72. The summed E-state index contributed by atoms with van der Waals surface area (Å²) in [6, 6.07) is 0. The van der Waals surface area contributed by atoms with E-state index in [4.69, 9.17) is 14.2 Å². The molecule has 19 heavy (non-hydrogen) atoms. The van der Waals surface area contributed by atoms with Crippen molar-refractivity contribution in [3.63, 3.8) is 0 Å². The number of hydrogen-bond acceptors (Lipinski definition) is 4. The summed E-state index contributed by atoms with van der Waals surface area (Å²) in [5, 5.41) is 0. The van der Waals surface area contributed by atoms with Gasteiger partial charge in [-0.15, -0.1) is 0 Å². The molecule has 2 rings (SSSR count). The number of hydrogen-bond donors (Lipinski definition) is 0. The first-order valence-electron chi connectivity index (χ1n) is 6.85. The third-order valence-electron chi connectivity index (χ3n) is 3.52. The van der Waals surface area contributed by atoms with Gasteiger partial charge in [-0.25, -0.2) is 0 Å². The van der Waals surface area contributed by atoms with Gasteiger partial charge in [0, 0.05) is 31.1 Å². The van der Waals surface area contributed by atoms with Crippen LogP contribution in [0.5, 0.6) is 0 Å². The van der Waals surface area contributed by atoms with Crippen LogP contribution in [0.3, 0.4) is 0 Å². The molecule has 4 heteroatoms. The molecular formula is C15H22O4. The molecule has 0 radical (unpaired) electrons. The van der Waals surface area contributed by atoms with Crippen LogP contribution in [0.4, 0.5) is 0 Å². The lowest BCUT2D eigenvalue weighted by atomic mass is 9.75. The summed E-state index contributed by atoms with van der Waals surface area (Å²) in [4.78, 5) is 11.7. The second-order valence-corrected chi connectivity index (χ2v) is 5.54. The second kappa shape index (κ2) is 5.10. The van der Waals surface area contributed by atoms with Crippen LogP contribution in [0.15, 0.2) is 23.5 Å². The van der Waals surface area contributed by atoms with E-state index in [1.54, 1.807) is 0 Å². The number of ether oxygens (including phenoxy) is 3. The van der Waals surface area contributed by atoms with Crippen LogP contribution in [0.25, 0.3) is 0 Å². The summed E-state index contributed by atoms with van der Waals surface area (Å²) in [6.07, 6.45) is 4.95. The smallest absolute Gasteiger partial charge is 0.312 e. The van der Waals surface area contributed by atoms with Crippen molar-refractivity contribution < 1.29 is 19.0 Å². The lowest BCUT2D eigenvalue weighted by Crippen LogP contribution is -2.39. The number of esters is 1. The third-order valence-corrected chi connectivity index (χ3v) is 3.52. The van der Waals surface area contributed by atoms with Gasteiger partial charge < -0.3 is 14.2 Å². The minimum atomic E-state index is -0.796. The molecule has 0 aromatic rings. The summed E-state index contributed by atoms with van der Waals surface area (Å²) in [5.74, 6) is -0.401. The molecule has 106 valence electrons. The zero-order valence-electron chi connectivity index (χ0n) is 12.1. The van der Waals surface area contributed by atoms with Gasteiger partial charge in [0.05, 0.1) is 6.42 Å². The van der Waals surface area contributed by atoms with Crippen molar-refractivity contribution >= 4 is 5.97 Å².